The van der Waals surface area contributed by atoms with E-state index in [1.807, 2.05) is 0 Å². The number of halogens is 2. The molecule has 3 nitrogen and oxygen atoms in total. The summed E-state index contributed by atoms with van der Waals surface area (Å²) in [5.41, 5.74) is 0.160. The molecule has 19 heavy (non-hydrogen) atoms. The van der Waals surface area contributed by atoms with Crippen LogP contribution in [0.3, 0.4) is 0 Å². The number of anilines is 1. The molecule has 0 atom stereocenters. The maximum absolute atomic E-state index is 13.4. The topological polar surface area (TPSA) is 37.8 Å². The maximum atomic E-state index is 13.4. The molecule has 0 aliphatic heterocycles. The molecule has 3 rings (SSSR count). The van der Waals surface area contributed by atoms with Crippen molar-refractivity contribution in [1.82, 2.24) is 9.97 Å². The van der Waals surface area contributed by atoms with Crippen molar-refractivity contribution in [1.29, 1.82) is 0 Å². The Morgan fingerprint density at radius 2 is 1.63 bits per heavy atom. The second kappa shape index (κ2) is 4.57. The van der Waals surface area contributed by atoms with E-state index >= 15 is 0 Å². The third kappa shape index (κ3) is 2.28. The summed E-state index contributed by atoms with van der Waals surface area (Å²) in [4.78, 5) is 8.21. The first-order valence-corrected chi connectivity index (χ1v) is 6.20. The minimum Gasteiger partial charge on any atom is -0.345 e. The highest BCUT2D eigenvalue weighted by molar-refractivity contribution is 5.39. The first kappa shape index (κ1) is 12.0. The van der Waals surface area contributed by atoms with E-state index < -0.39 is 17.2 Å². The van der Waals surface area contributed by atoms with Crippen LogP contribution in [-0.2, 0) is 5.54 Å². The van der Waals surface area contributed by atoms with Gasteiger partial charge in [0, 0.05) is 18.5 Å². The van der Waals surface area contributed by atoms with E-state index in [1.165, 1.54) is 12.1 Å². The fourth-order valence-corrected chi connectivity index (χ4v) is 2.42. The number of rotatable bonds is 3. The fraction of sp³-hybridized carbons (Fsp3) is 0.286. The SMILES string of the molecule is Fc1cc(F)cc(C2(Nc3ncccn3)CCC2)c1. The Bertz CT molecular complexity index is 562. The molecule has 1 fully saturated rings. The highest BCUT2D eigenvalue weighted by Crippen LogP contribution is 2.43. The molecule has 5 heteroatoms. The molecule has 1 aromatic carbocycles. The summed E-state index contributed by atoms with van der Waals surface area (Å²) in [6, 6.07) is 5.35. The largest absolute Gasteiger partial charge is 0.345 e. The Kier molecular flexibility index (Phi) is 2.89. The van der Waals surface area contributed by atoms with Crippen molar-refractivity contribution in [3.8, 4) is 0 Å². The third-order valence-corrected chi connectivity index (χ3v) is 3.54. The Balaban J connectivity index is 1.94. The molecule has 1 saturated carbocycles. The molecule has 0 radical (unpaired) electrons. The van der Waals surface area contributed by atoms with Gasteiger partial charge in [-0.1, -0.05) is 0 Å². The zero-order valence-corrected chi connectivity index (χ0v) is 10.2. The molecule has 1 aromatic heterocycles. The zero-order chi connectivity index (χ0) is 13.3. The first-order chi connectivity index (χ1) is 9.18. The van der Waals surface area contributed by atoms with Crippen molar-refractivity contribution in [2.45, 2.75) is 24.8 Å². The van der Waals surface area contributed by atoms with Gasteiger partial charge in [-0.3, -0.25) is 0 Å². The molecule has 0 spiro atoms. The molecule has 1 aliphatic rings. The summed E-state index contributed by atoms with van der Waals surface area (Å²) in [6.45, 7) is 0. The zero-order valence-electron chi connectivity index (χ0n) is 10.2. The van der Waals surface area contributed by atoms with Gasteiger partial charge in [-0.25, -0.2) is 18.7 Å². The number of nitrogens with one attached hydrogen (secondary N) is 1. The minimum absolute atomic E-state index is 0.454. The van der Waals surface area contributed by atoms with Crippen molar-refractivity contribution >= 4 is 5.95 Å². The molecular formula is C14H13F2N3. The highest BCUT2D eigenvalue weighted by Gasteiger charge is 2.39. The van der Waals surface area contributed by atoms with Gasteiger partial charge in [-0.15, -0.1) is 0 Å². The summed E-state index contributed by atoms with van der Waals surface area (Å²) in [7, 11) is 0. The van der Waals surface area contributed by atoms with Crippen molar-refractivity contribution in [3.63, 3.8) is 0 Å². The second-order valence-electron chi connectivity index (χ2n) is 4.79. The van der Waals surface area contributed by atoms with Gasteiger partial charge in [0.05, 0.1) is 5.54 Å². The van der Waals surface area contributed by atoms with E-state index in [0.29, 0.717) is 11.5 Å². The standard InChI is InChI=1S/C14H13F2N3/c15-11-7-10(8-12(16)9-11)14(3-1-4-14)19-13-17-5-2-6-18-13/h2,5-9H,1,3-4H2,(H,17,18,19). The summed E-state index contributed by atoms with van der Waals surface area (Å²) in [6.07, 6.45) is 5.90. The Morgan fingerprint density at radius 3 is 2.16 bits per heavy atom. The second-order valence-corrected chi connectivity index (χ2v) is 4.79. The smallest absolute Gasteiger partial charge is 0.223 e. The van der Waals surface area contributed by atoms with Gasteiger partial charge in [0.2, 0.25) is 5.95 Å². The number of nitrogens with zero attached hydrogens (tertiary/aromatic N) is 2. The van der Waals surface area contributed by atoms with Crippen molar-refractivity contribution in [2.24, 2.45) is 0 Å². The minimum atomic E-state index is -0.558. The van der Waals surface area contributed by atoms with E-state index in [-0.39, 0.29) is 0 Å². The van der Waals surface area contributed by atoms with Gasteiger partial charge in [-0.2, -0.15) is 0 Å². The monoisotopic (exact) mass is 261 g/mol. The lowest BCUT2D eigenvalue weighted by Gasteiger charge is -2.43. The Hall–Kier alpha value is -2.04. The van der Waals surface area contributed by atoms with Crippen LogP contribution in [0.25, 0.3) is 0 Å². The van der Waals surface area contributed by atoms with Crippen LogP contribution in [0.5, 0.6) is 0 Å². The number of hydrogen-bond acceptors (Lipinski definition) is 3. The molecule has 0 bridgehead atoms. The Labute approximate surface area is 109 Å². The number of benzene rings is 1. The van der Waals surface area contributed by atoms with E-state index in [4.69, 9.17) is 0 Å². The van der Waals surface area contributed by atoms with E-state index in [2.05, 4.69) is 15.3 Å². The maximum Gasteiger partial charge on any atom is 0.223 e. The van der Waals surface area contributed by atoms with Crippen LogP contribution in [-0.4, -0.2) is 9.97 Å². The molecule has 0 unspecified atom stereocenters. The molecule has 1 aliphatic carbocycles. The van der Waals surface area contributed by atoms with Gasteiger partial charge < -0.3 is 5.32 Å². The first-order valence-electron chi connectivity index (χ1n) is 6.20. The Morgan fingerprint density at radius 1 is 1.00 bits per heavy atom. The predicted molar refractivity (Wildman–Crippen MR) is 67.5 cm³/mol. The van der Waals surface area contributed by atoms with Crippen LogP contribution >= 0.6 is 0 Å². The average Bonchev–Trinajstić information content (AvgIpc) is 2.34. The van der Waals surface area contributed by atoms with Crippen LogP contribution in [0.1, 0.15) is 24.8 Å². The molecule has 0 saturated heterocycles. The average molecular weight is 261 g/mol. The van der Waals surface area contributed by atoms with Crippen LogP contribution < -0.4 is 5.32 Å². The van der Waals surface area contributed by atoms with Gasteiger partial charge in [0.15, 0.2) is 0 Å². The van der Waals surface area contributed by atoms with Crippen LogP contribution in [0.15, 0.2) is 36.7 Å². The van der Waals surface area contributed by atoms with Crippen molar-refractivity contribution < 1.29 is 8.78 Å². The van der Waals surface area contributed by atoms with Gasteiger partial charge in [-0.05, 0) is 43.0 Å². The lowest BCUT2D eigenvalue weighted by molar-refractivity contribution is 0.280. The van der Waals surface area contributed by atoms with Crippen molar-refractivity contribution in [3.05, 3.63) is 53.9 Å². The number of hydrogen-bond donors (Lipinski definition) is 1. The van der Waals surface area contributed by atoms with E-state index in [0.717, 1.165) is 25.3 Å². The summed E-state index contributed by atoms with van der Waals surface area (Å²) >= 11 is 0. The quantitative estimate of drug-likeness (QED) is 0.921. The highest BCUT2D eigenvalue weighted by atomic mass is 19.1. The third-order valence-electron chi connectivity index (χ3n) is 3.54. The van der Waals surface area contributed by atoms with Crippen LogP contribution in [0, 0.1) is 11.6 Å². The lowest BCUT2D eigenvalue weighted by atomic mass is 9.72. The molecule has 98 valence electrons. The fourth-order valence-electron chi connectivity index (χ4n) is 2.42. The molecule has 2 aromatic rings. The van der Waals surface area contributed by atoms with Gasteiger partial charge in [0.1, 0.15) is 11.6 Å². The molecule has 1 heterocycles. The van der Waals surface area contributed by atoms with E-state index in [1.54, 1.807) is 18.5 Å². The lowest BCUT2D eigenvalue weighted by Crippen LogP contribution is -2.42. The molecule has 1 N–H and O–H groups in total. The van der Waals surface area contributed by atoms with Crippen molar-refractivity contribution in [2.75, 3.05) is 5.32 Å². The molecular weight excluding hydrogens is 248 g/mol. The van der Waals surface area contributed by atoms with E-state index in [9.17, 15) is 8.78 Å². The predicted octanol–water partition coefficient (Wildman–Crippen LogP) is 3.25. The molecule has 0 amide bonds. The summed E-state index contributed by atoms with van der Waals surface area (Å²) < 4.78 is 26.7. The summed E-state index contributed by atoms with van der Waals surface area (Å²) in [5, 5.41) is 3.21. The summed E-state index contributed by atoms with van der Waals surface area (Å²) in [5.74, 6) is -0.638. The van der Waals surface area contributed by atoms with Gasteiger partial charge in [0.25, 0.3) is 0 Å². The normalized spacial score (nSPS) is 16.7. The van der Waals surface area contributed by atoms with Crippen LogP contribution in [0.2, 0.25) is 0 Å². The van der Waals surface area contributed by atoms with Gasteiger partial charge >= 0.3 is 0 Å². The number of aromatic nitrogens is 2. The van der Waals surface area contributed by atoms with Crippen LogP contribution in [0.4, 0.5) is 14.7 Å².